The molecule has 2 aromatic carbocycles. The SMILES string of the molecule is CCc1ccc(COc2cc(C=O)ccc2[N+](=O)[O-])cc1. The third kappa shape index (κ3) is 3.66. The maximum Gasteiger partial charge on any atom is 0.310 e. The smallest absolute Gasteiger partial charge is 0.310 e. The van der Waals surface area contributed by atoms with Gasteiger partial charge in [0.2, 0.25) is 0 Å². The van der Waals surface area contributed by atoms with Gasteiger partial charge in [0.15, 0.2) is 5.75 Å². The van der Waals surface area contributed by atoms with E-state index in [-0.39, 0.29) is 18.0 Å². The number of aldehydes is 1. The number of nitro groups is 1. The summed E-state index contributed by atoms with van der Waals surface area (Å²) in [6.45, 7) is 2.28. The van der Waals surface area contributed by atoms with Crippen LogP contribution < -0.4 is 4.74 Å². The van der Waals surface area contributed by atoms with Crippen LogP contribution in [0.25, 0.3) is 0 Å². The second-order valence-electron chi connectivity index (χ2n) is 4.56. The van der Waals surface area contributed by atoms with Crippen molar-refractivity contribution >= 4 is 12.0 Å². The van der Waals surface area contributed by atoms with Gasteiger partial charge in [-0.15, -0.1) is 0 Å². The number of nitrogens with zero attached hydrogens (tertiary/aromatic N) is 1. The van der Waals surface area contributed by atoms with Crippen LogP contribution in [0.4, 0.5) is 5.69 Å². The number of hydrogen-bond donors (Lipinski definition) is 0. The quantitative estimate of drug-likeness (QED) is 0.462. The lowest BCUT2D eigenvalue weighted by Crippen LogP contribution is -2.00. The van der Waals surface area contributed by atoms with E-state index in [4.69, 9.17) is 4.74 Å². The Balaban J connectivity index is 2.17. The zero-order chi connectivity index (χ0) is 15.2. The Bertz CT molecular complexity index is 650. The van der Waals surface area contributed by atoms with Crippen molar-refractivity contribution in [2.75, 3.05) is 0 Å². The first kappa shape index (κ1) is 14.7. The van der Waals surface area contributed by atoms with E-state index in [0.717, 1.165) is 12.0 Å². The van der Waals surface area contributed by atoms with Crippen molar-refractivity contribution in [2.24, 2.45) is 0 Å². The Morgan fingerprint density at radius 3 is 2.38 bits per heavy atom. The summed E-state index contributed by atoms with van der Waals surface area (Å²) in [5.74, 6) is 0.101. The lowest BCUT2D eigenvalue weighted by atomic mass is 10.1. The normalized spacial score (nSPS) is 10.1. The van der Waals surface area contributed by atoms with Crippen LogP contribution >= 0.6 is 0 Å². The molecular formula is C16H15NO4. The Hall–Kier alpha value is -2.69. The molecule has 0 amide bonds. The minimum Gasteiger partial charge on any atom is -0.482 e. The van der Waals surface area contributed by atoms with Crippen molar-refractivity contribution in [3.05, 3.63) is 69.3 Å². The molecule has 5 nitrogen and oxygen atoms in total. The average molecular weight is 285 g/mol. The fourth-order valence-electron chi connectivity index (χ4n) is 1.90. The van der Waals surface area contributed by atoms with E-state index >= 15 is 0 Å². The van der Waals surface area contributed by atoms with Gasteiger partial charge in [0, 0.05) is 11.6 Å². The third-order valence-electron chi connectivity index (χ3n) is 3.14. The molecule has 0 atom stereocenters. The van der Waals surface area contributed by atoms with E-state index in [9.17, 15) is 14.9 Å². The lowest BCUT2D eigenvalue weighted by molar-refractivity contribution is -0.385. The topological polar surface area (TPSA) is 69.4 Å². The molecular weight excluding hydrogens is 270 g/mol. The molecule has 0 aliphatic carbocycles. The molecule has 0 saturated heterocycles. The van der Waals surface area contributed by atoms with Crippen LogP contribution in [0.2, 0.25) is 0 Å². The Kier molecular flexibility index (Phi) is 4.66. The second-order valence-corrected chi connectivity index (χ2v) is 4.56. The predicted octanol–water partition coefficient (Wildman–Crippen LogP) is 3.55. The number of carbonyl (C=O) groups is 1. The van der Waals surface area contributed by atoms with Crippen LogP contribution in [0, 0.1) is 10.1 Å². The molecule has 2 rings (SSSR count). The van der Waals surface area contributed by atoms with Crippen LogP contribution in [-0.2, 0) is 13.0 Å². The van der Waals surface area contributed by atoms with E-state index in [1.54, 1.807) is 0 Å². The monoisotopic (exact) mass is 285 g/mol. The maximum absolute atomic E-state index is 11.0. The van der Waals surface area contributed by atoms with E-state index in [0.29, 0.717) is 11.8 Å². The fourth-order valence-corrected chi connectivity index (χ4v) is 1.90. The largest absolute Gasteiger partial charge is 0.482 e. The van der Waals surface area contributed by atoms with Crippen LogP contribution in [0.1, 0.15) is 28.4 Å². The lowest BCUT2D eigenvalue weighted by Gasteiger charge is -2.08. The fraction of sp³-hybridized carbons (Fsp3) is 0.188. The van der Waals surface area contributed by atoms with Gasteiger partial charge in [-0.2, -0.15) is 0 Å². The number of benzene rings is 2. The van der Waals surface area contributed by atoms with Crippen molar-refractivity contribution in [2.45, 2.75) is 20.0 Å². The number of ether oxygens (including phenoxy) is 1. The highest BCUT2D eigenvalue weighted by atomic mass is 16.6. The maximum atomic E-state index is 11.0. The van der Waals surface area contributed by atoms with Crippen molar-refractivity contribution < 1.29 is 14.5 Å². The van der Waals surface area contributed by atoms with Gasteiger partial charge in [0.25, 0.3) is 0 Å². The molecule has 5 heteroatoms. The van der Waals surface area contributed by atoms with Crippen LogP contribution in [0.3, 0.4) is 0 Å². The van der Waals surface area contributed by atoms with Gasteiger partial charge in [-0.05, 0) is 29.7 Å². The molecule has 0 aromatic heterocycles. The summed E-state index contributed by atoms with van der Waals surface area (Å²) in [6.07, 6.45) is 1.58. The number of hydrogen-bond acceptors (Lipinski definition) is 4. The van der Waals surface area contributed by atoms with Gasteiger partial charge in [-0.25, -0.2) is 0 Å². The molecule has 108 valence electrons. The highest BCUT2D eigenvalue weighted by Crippen LogP contribution is 2.28. The van der Waals surface area contributed by atoms with Crippen LogP contribution in [0.15, 0.2) is 42.5 Å². The summed E-state index contributed by atoms with van der Waals surface area (Å²) < 4.78 is 5.50. The van der Waals surface area contributed by atoms with Gasteiger partial charge < -0.3 is 4.74 Å². The van der Waals surface area contributed by atoms with E-state index in [1.807, 2.05) is 24.3 Å². The standard InChI is InChI=1S/C16H15NO4/c1-2-12-3-5-13(6-4-12)11-21-16-9-14(10-18)7-8-15(16)17(19)20/h3-10H,2,11H2,1H3. The average Bonchev–Trinajstić information content (AvgIpc) is 2.52. The molecule has 0 aliphatic rings. The molecule has 0 unspecified atom stereocenters. The van der Waals surface area contributed by atoms with Crippen LogP contribution in [0.5, 0.6) is 5.75 Å². The summed E-state index contributed by atoms with van der Waals surface area (Å²) in [5, 5.41) is 11.0. The summed E-state index contributed by atoms with van der Waals surface area (Å²) >= 11 is 0. The van der Waals surface area contributed by atoms with Crippen molar-refractivity contribution in [3.63, 3.8) is 0 Å². The highest BCUT2D eigenvalue weighted by Gasteiger charge is 2.15. The molecule has 0 saturated carbocycles. The molecule has 0 spiro atoms. The van der Waals surface area contributed by atoms with Crippen molar-refractivity contribution in [1.82, 2.24) is 0 Å². The predicted molar refractivity (Wildman–Crippen MR) is 78.6 cm³/mol. The first-order chi connectivity index (χ1) is 10.1. The van der Waals surface area contributed by atoms with Crippen LogP contribution in [-0.4, -0.2) is 11.2 Å². The first-order valence-electron chi connectivity index (χ1n) is 6.58. The van der Waals surface area contributed by atoms with E-state index < -0.39 is 4.92 Å². The molecule has 0 bridgehead atoms. The van der Waals surface area contributed by atoms with E-state index in [2.05, 4.69) is 6.92 Å². The van der Waals surface area contributed by atoms with Crippen molar-refractivity contribution in [3.8, 4) is 5.75 Å². The third-order valence-corrected chi connectivity index (χ3v) is 3.14. The summed E-state index contributed by atoms with van der Waals surface area (Å²) in [7, 11) is 0. The Morgan fingerprint density at radius 2 is 1.81 bits per heavy atom. The zero-order valence-corrected chi connectivity index (χ0v) is 11.6. The number of aryl methyl sites for hydroxylation is 1. The summed E-state index contributed by atoms with van der Waals surface area (Å²) in [5.41, 5.74) is 2.33. The molecule has 0 N–H and O–H groups in total. The van der Waals surface area contributed by atoms with Crippen molar-refractivity contribution in [1.29, 1.82) is 0 Å². The minimum absolute atomic E-state index is 0.101. The second kappa shape index (κ2) is 6.65. The number of nitro benzene ring substituents is 1. The Labute approximate surface area is 122 Å². The minimum atomic E-state index is -0.524. The summed E-state index contributed by atoms with van der Waals surface area (Å²) in [4.78, 5) is 21.2. The first-order valence-corrected chi connectivity index (χ1v) is 6.58. The van der Waals surface area contributed by atoms with Gasteiger partial charge in [0.1, 0.15) is 12.9 Å². The van der Waals surface area contributed by atoms with Gasteiger partial charge in [0.05, 0.1) is 4.92 Å². The zero-order valence-electron chi connectivity index (χ0n) is 11.6. The number of rotatable bonds is 6. The summed E-state index contributed by atoms with van der Waals surface area (Å²) in [6, 6.07) is 11.9. The Morgan fingerprint density at radius 1 is 1.14 bits per heavy atom. The van der Waals surface area contributed by atoms with Gasteiger partial charge >= 0.3 is 5.69 Å². The molecule has 2 aromatic rings. The molecule has 0 radical (unpaired) electrons. The molecule has 0 aliphatic heterocycles. The molecule has 21 heavy (non-hydrogen) atoms. The molecule has 0 heterocycles. The van der Waals surface area contributed by atoms with E-state index in [1.165, 1.54) is 23.8 Å². The number of carbonyl (C=O) groups excluding carboxylic acids is 1. The van der Waals surface area contributed by atoms with Gasteiger partial charge in [-0.1, -0.05) is 31.2 Å². The molecule has 0 fully saturated rings. The van der Waals surface area contributed by atoms with Gasteiger partial charge in [-0.3, -0.25) is 14.9 Å². The highest BCUT2D eigenvalue weighted by molar-refractivity contribution is 5.76.